The van der Waals surface area contributed by atoms with Gasteiger partial charge in [-0.15, -0.1) is 0 Å². The van der Waals surface area contributed by atoms with Crippen LogP contribution in [0.4, 0.5) is 13.2 Å². The van der Waals surface area contributed by atoms with Crippen LogP contribution >= 0.6 is 0 Å². The van der Waals surface area contributed by atoms with Crippen molar-refractivity contribution in [3.8, 4) is 0 Å². The average molecular weight is 211 g/mol. The van der Waals surface area contributed by atoms with Crippen LogP contribution in [0.5, 0.6) is 0 Å². The Balaban J connectivity index is 2.83. The zero-order valence-corrected chi connectivity index (χ0v) is 7.45. The highest BCUT2D eigenvalue weighted by atomic mass is 32.2. The molecule has 0 saturated heterocycles. The van der Waals surface area contributed by atoms with E-state index in [0.717, 1.165) is 6.20 Å². The molecule has 13 heavy (non-hydrogen) atoms. The lowest BCUT2D eigenvalue weighted by molar-refractivity contribution is -0.144. The molecule has 1 unspecified atom stereocenters. The summed E-state index contributed by atoms with van der Waals surface area (Å²) in [5.74, 6) is 0. The number of aromatic nitrogens is 2. The molecular weight excluding hydrogens is 205 g/mol. The fraction of sp³-hybridized carbons (Fsp3) is 0.500. The average Bonchev–Trinajstić information content (AvgIpc) is 2.31. The van der Waals surface area contributed by atoms with Crippen molar-refractivity contribution < 1.29 is 17.7 Å². The van der Waals surface area contributed by atoms with Gasteiger partial charge in [0.15, 0.2) is 0 Å². The van der Waals surface area contributed by atoms with Gasteiger partial charge in [0, 0.05) is 11.2 Å². The van der Waals surface area contributed by atoms with Gasteiger partial charge in [0.2, 0.25) is 0 Å². The van der Waals surface area contributed by atoms with E-state index >= 15 is 0 Å². The summed E-state index contributed by atoms with van der Waals surface area (Å²) in [5.41, 5.74) is 0. The third-order valence-corrected chi connectivity index (χ3v) is 2.09. The Morgan fingerprint density at radius 3 is 2.77 bits per heavy atom. The van der Waals surface area contributed by atoms with E-state index in [-0.39, 0.29) is 5.03 Å². The lowest BCUT2D eigenvalue weighted by Gasteiger charge is -2.09. The smallest absolute Gasteiger partial charge is 0.408 e. The van der Waals surface area contributed by atoms with Crippen molar-refractivity contribution >= 4 is 11.2 Å². The Morgan fingerprint density at radius 1 is 1.69 bits per heavy atom. The van der Waals surface area contributed by atoms with Crippen LogP contribution in [0.3, 0.4) is 0 Å². The second-order valence-electron chi connectivity index (χ2n) is 2.32. The zero-order valence-electron chi connectivity index (χ0n) is 6.63. The van der Waals surface area contributed by atoms with Crippen molar-refractivity contribution in [2.45, 2.75) is 17.7 Å². The third-order valence-electron chi connectivity index (χ3n) is 1.22. The van der Waals surface area contributed by atoms with E-state index in [0.29, 0.717) is 4.68 Å². The zero-order chi connectivity index (χ0) is 10.1. The van der Waals surface area contributed by atoms with Crippen molar-refractivity contribution in [3.05, 3.63) is 12.3 Å². The molecule has 7 heteroatoms. The topological polar surface area (TPSA) is 40.9 Å². The highest BCUT2D eigenvalue weighted by Crippen LogP contribution is 2.19. The Hall–Kier alpha value is -0.690. The van der Waals surface area contributed by atoms with E-state index in [1.54, 1.807) is 0 Å². The lowest BCUT2D eigenvalue weighted by atomic mass is 10.6. The quantitative estimate of drug-likeness (QED) is 0.684. The predicted octanol–water partition coefficient (Wildman–Crippen LogP) is 0.983. The van der Waals surface area contributed by atoms with Crippen LogP contribution in [0.15, 0.2) is 11.2 Å². The van der Waals surface area contributed by atoms with Crippen LogP contribution in [-0.2, 0) is 17.7 Å². The van der Waals surface area contributed by atoms with Gasteiger partial charge in [0.1, 0.15) is 12.8 Å². The van der Waals surface area contributed by atoms with Crippen molar-refractivity contribution in [1.29, 1.82) is 0 Å². The summed E-state index contributed by atoms with van der Waals surface area (Å²) in [5, 5.41) is 3.33. The molecule has 1 heterocycles. The summed E-state index contributed by atoms with van der Waals surface area (Å²) in [6, 6.07) is 2.38. The maximum atomic E-state index is 11.9. The summed E-state index contributed by atoms with van der Waals surface area (Å²) >= 11 is -1.50. The maximum Gasteiger partial charge on any atom is 0.408 e. The predicted molar refractivity (Wildman–Crippen MR) is 39.5 cm³/mol. The van der Waals surface area contributed by atoms with E-state index in [1.165, 1.54) is 6.26 Å². The van der Waals surface area contributed by atoms with Gasteiger partial charge >= 0.3 is 6.18 Å². The molecule has 1 atom stereocenters. The standard InChI is InChI=1S/C6H6F3N2OS/c1-13(12)5-2-3-10-11(5)4-6(7,8)9/h3H,4H2,1H3. The first kappa shape index (κ1) is 10.4. The van der Waals surface area contributed by atoms with E-state index in [4.69, 9.17) is 0 Å². The van der Waals surface area contributed by atoms with Gasteiger partial charge in [-0.3, -0.25) is 0 Å². The van der Waals surface area contributed by atoms with Crippen LogP contribution in [0, 0.1) is 6.07 Å². The van der Waals surface area contributed by atoms with E-state index in [1.807, 2.05) is 0 Å². The molecule has 0 bridgehead atoms. The largest absolute Gasteiger partial charge is 0.610 e. The van der Waals surface area contributed by atoms with Gasteiger partial charge in [0.05, 0.1) is 12.3 Å². The number of nitrogens with zero attached hydrogens (tertiary/aromatic N) is 2. The molecule has 0 N–H and O–H groups in total. The first-order chi connectivity index (χ1) is 5.90. The fourth-order valence-corrected chi connectivity index (χ4v) is 1.42. The molecule has 0 saturated carbocycles. The van der Waals surface area contributed by atoms with Crippen molar-refractivity contribution in [2.75, 3.05) is 6.26 Å². The summed E-state index contributed by atoms with van der Waals surface area (Å²) in [4.78, 5) is 0. The molecule has 1 rings (SSSR count). The molecule has 1 radical (unpaired) electrons. The lowest BCUT2D eigenvalue weighted by Crippen LogP contribution is -2.21. The number of hydrogen-bond donors (Lipinski definition) is 0. The highest BCUT2D eigenvalue weighted by molar-refractivity contribution is 7.90. The Morgan fingerprint density at radius 2 is 2.31 bits per heavy atom. The summed E-state index contributed by atoms with van der Waals surface area (Å²) in [6.45, 7) is -1.23. The van der Waals surface area contributed by atoms with Gasteiger partial charge in [0.25, 0.3) is 5.03 Å². The molecule has 1 aromatic rings. The van der Waals surface area contributed by atoms with Crippen LogP contribution < -0.4 is 0 Å². The minimum Gasteiger partial charge on any atom is -0.610 e. The van der Waals surface area contributed by atoms with E-state index < -0.39 is 23.9 Å². The molecule has 0 aliphatic heterocycles. The first-order valence-corrected chi connectivity index (χ1v) is 4.79. The minimum absolute atomic E-state index is 0.0441. The van der Waals surface area contributed by atoms with Gasteiger partial charge in [-0.25, -0.2) is 4.68 Å². The summed E-state index contributed by atoms with van der Waals surface area (Å²) in [6.07, 6.45) is -2.00. The second-order valence-corrected chi connectivity index (χ2v) is 3.62. The van der Waals surface area contributed by atoms with Crippen LogP contribution in [0.2, 0.25) is 0 Å². The van der Waals surface area contributed by atoms with Crippen LogP contribution in [-0.4, -0.2) is 26.8 Å². The fourth-order valence-electron chi connectivity index (χ4n) is 0.795. The van der Waals surface area contributed by atoms with Gasteiger partial charge in [-0.05, 0) is 0 Å². The molecular formula is C6H6F3N2OS. The molecule has 1 aromatic heterocycles. The van der Waals surface area contributed by atoms with Crippen molar-refractivity contribution in [3.63, 3.8) is 0 Å². The molecule has 0 fully saturated rings. The molecule has 0 spiro atoms. The molecule has 0 aliphatic carbocycles. The van der Waals surface area contributed by atoms with E-state index in [9.17, 15) is 17.7 Å². The molecule has 0 aliphatic rings. The summed E-state index contributed by atoms with van der Waals surface area (Å²) < 4.78 is 47.2. The number of alkyl halides is 3. The Bertz CT molecular complexity index is 284. The number of halogens is 3. The van der Waals surface area contributed by atoms with Gasteiger partial charge in [-0.2, -0.15) is 18.3 Å². The molecule has 3 nitrogen and oxygen atoms in total. The normalized spacial score (nSPS) is 14.5. The number of rotatable bonds is 2. The highest BCUT2D eigenvalue weighted by Gasteiger charge is 2.31. The van der Waals surface area contributed by atoms with Crippen molar-refractivity contribution in [1.82, 2.24) is 9.78 Å². The second kappa shape index (κ2) is 3.59. The molecule has 73 valence electrons. The number of hydrogen-bond acceptors (Lipinski definition) is 2. The molecule has 0 amide bonds. The monoisotopic (exact) mass is 211 g/mol. The van der Waals surface area contributed by atoms with Crippen LogP contribution in [0.1, 0.15) is 0 Å². The van der Waals surface area contributed by atoms with E-state index in [2.05, 4.69) is 11.2 Å². The van der Waals surface area contributed by atoms with Crippen LogP contribution in [0.25, 0.3) is 0 Å². The third kappa shape index (κ3) is 2.92. The van der Waals surface area contributed by atoms with Gasteiger partial charge in [-0.1, -0.05) is 0 Å². The minimum atomic E-state index is -4.35. The van der Waals surface area contributed by atoms with Gasteiger partial charge < -0.3 is 4.55 Å². The maximum absolute atomic E-state index is 11.9. The Kier molecular flexibility index (Phi) is 2.87. The molecule has 0 aromatic carbocycles. The SMILES string of the molecule is C[S+]([O-])c1[c]cnn1CC(F)(F)F. The Labute approximate surface area is 75.7 Å². The summed E-state index contributed by atoms with van der Waals surface area (Å²) in [7, 11) is 0. The first-order valence-electron chi connectivity index (χ1n) is 3.24. The van der Waals surface area contributed by atoms with Crippen molar-refractivity contribution in [2.24, 2.45) is 0 Å².